The molecule has 5 nitrogen and oxygen atoms in total. The third kappa shape index (κ3) is 4.19. The number of hydrogen-bond donors (Lipinski definition) is 3. The van der Waals surface area contributed by atoms with Crippen LogP contribution in [-0.4, -0.2) is 20.1 Å². The number of anilines is 1. The number of rotatable bonds is 4. The first-order valence-electron chi connectivity index (χ1n) is 4.57. The number of carbonyl (C=O) groups excluding carboxylic acids is 1. The van der Waals surface area contributed by atoms with E-state index >= 15 is 0 Å². The molecule has 0 saturated heterocycles. The van der Waals surface area contributed by atoms with E-state index in [4.69, 9.17) is 16.7 Å². The molecule has 1 aromatic carbocycles. The third-order valence-electron chi connectivity index (χ3n) is 1.88. The third-order valence-corrected chi connectivity index (χ3v) is 3.33. The monoisotopic (exact) mass is 294 g/mol. The second-order valence-electron chi connectivity index (χ2n) is 3.21. The first-order chi connectivity index (χ1) is 7.84. The number of sulfonamides is 1. The molecule has 0 heterocycles. The van der Waals surface area contributed by atoms with Gasteiger partial charge in [0.1, 0.15) is 0 Å². The second-order valence-corrected chi connectivity index (χ2v) is 5.62. The maximum absolute atomic E-state index is 11.3. The van der Waals surface area contributed by atoms with Crippen LogP contribution in [0.2, 0.25) is 5.02 Å². The van der Waals surface area contributed by atoms with Crippen LogP contribution in [0.5, 0.6) is 0 Å². The number of carbonyl (C=O) groups is 1. The largest absolute Gasteiger partial charge is 0.325 e. The number of amides is 1. The summed E-state index contributed by atoms with van der Waals surface area (Å²) in [4.78, 5) is 11.2. The highest BCUT2D eigenvalue weighted by Crippen LogP contribution is 2.24. The van der Waals surface area contributed by atoms with E-state index in [0.29, 0.717) is 11.4 Å². The van der Waals surface area contributed by atoms with Crippen molar-refractivity contribution in [1.29, 1.82) is 0 Å². The summed E-state index contributed by atoms with van der Waals surface area (Å²) in [5.74, 6) is 0.170. The molecule has 0 aromatic heterocycles. The molecule has 8 heteroatoms. The van der Waals surface area contributed by atoms with Gasteiger partial charge in [-0.1, -0.05) is 11.6 Å². The summed E-state index contributed by atoms with van der Waals surface area (Å²) >= 11 is 9.74. The fourth-order valence-electron chi connectivity index (χ4n) is 1.09. The van der Waals surface area contributed by atoms with E-state index in [1.165, 1.54) is 18.2 Å². The number of thiol groups is 1. The molecule has 0 aliphatic rings. The Balaban J connectivity index is 2.95. The lowest BCUT2D eigenvalue weighted by Crippen LogP contribution is -2.14. The summed E-state index contributed by atoms with van der Waals surface area (Å²) in [6.07, 6.45) is 0.246. The summed E-state index contributed by atoms with van der Waals surface area (Å²) < 4.78 is 22.1. The van der Waals surface area contributed by atoms with E-state index in [-0.39, 0.29) is 22.2 Å². The van der Waals surface area contributed by atoms with Crippen LogP contribution in [-0.2, 0) is 14.8 Å². The van der Waals surface area contributed by atoms with Gasteiger partial charge in [0.25, 0.3) is 0 Å². The molecular formula is C9H11ClN2O3S2. The van der Waals surface area contributed by atoms with Crippen molar-refractivity contribution < 1.29 is 13.2 Å². The van der Waals surface area contributed by atoms with E-state index in [1.54, 1.807) is 0 Å². The quantitative estimate of drug-likeness (QED) is 0.730. The van der Waals surface area contributed by atoms with Crippen molar-refractivity contribution in [2.45, 2.75) is 11.3 Å². The van der Waals surface area contributed by atoms with Crippen LogP contribution >= 0.6 is 24.2 Å². The van der Waals surface area contributed by atoms with Gasteiger partial charge in [0.2, 0.25) is 15.9 Å². The topological polar surface area (TPSA) is 89.3 Å². The molecule has 0 radical (unpaired) electrons. The fourth-order valence-corrected chi connectivity index (χ4v) is 2.12. The lowest BCUT2D eigenvalue weighted by Gasteiger charge is -2.07. The highest BCUT2D eigenvalue weighted by molar-refractivity contribution is 7.89. The van der Waals surface area contributed by atoms with Gasteiger partial charge in [0.15, 0.2) is 0 Å². The van der Waals surface area contributed by atoms with Crippen LogP contribution < -0.4 is 10.5 Å². The molecule has 0 fully saturated rings. The van der Waals surface area contributed by atoms with E-state index in [1.807, 2.05) is 0 Å². The second kappa shape index (κ2) is 5.72. The number of hydrogen-bond acceptors (Lipinski definition) is 4. The molecular weight excluding hydrogens is 284 g/mol. The standard InChI is InChI=1S/C9H11ClN2O3S2/c10-7-5-6(17(11,14)15)1-2-8(7)12-9(13)3-4-16/h1-2,5,16H,3-4H2,(H,12,13)(H2,11,14,15). The van der Waals surface area contributed by atoms with Gasteiger partial charge in [0, 0.05) is 6.42 Å². The summed E-state index contributed by atoms with van der Waals surface area (Å²) in [5.41, 5.74) is 0.339. The molecule has 0 aliphatic carbocycles. The average molecular weight is 295 g/mol. The number of nitrogens with one attached hydrogen (secondary N) is 1. The Bertz CT molecular complexity index is 531. The molecule has 0 bridgehead atoms. The Hall–Kier alpha value is -0.760. The fraction of sp³-hybridized carbons (Fsp3) is 0.222. The summed E-state index contributed by atoms with van der Waals surface area (Å²) in [7, 11) is -3.79. The predicted molar refractivity (Wildman–Crippen MR) is 69.9 cm³/mol. The van der Waals surface area contributed by atoms with E-state index < -0.39 is 10.0 Å². The van der Waals surface area contributed by atoms with Gasteiger partial charge in [0.05, 0.1) is 15.6 Å². The SMILES string of the molecule is NS(=O)(=O)c1ccc(NC(=O)CCS)c(Cl)c1. The Labute approximate surface area is 110 Å². The van der Waals surface area contributed by atoms with E-state index in [9.17, 15) is 13.2 Å². The summed E-state index contributed by atoms with van der Waals surface area (Å²) in [5, 5.41) is 7.59. The van der Waals surface area contributed by atoms with Crippen LogP contribution in [0.15, 0.2) is 23.1 Å². The molecule has 17 heavy (non-hydrogen) atoms. The Morgan fingerprint density at radius 3 is 2.59 bits per heavy atom. The van der Waals surface area contributed by atoms with E-state index in [0.717, 1.165) is 0 Å². The number of nitrogens with two attached hydrogens (primary N) is 1. The Kier molecular flexibility index (Phi) is 4.81. The molecule has 1 aromatic rings. The molecule has 94 valence electrons. The van der Waals surface area contributed by atoms with Crippen LogP contribution in [0.25, 0.3) is 0 Å². The molecule has 3 N–H and O–H groups in total. The minimum Gasteiger partial charge on any atom is -0.325 e. The smallest absolute Gasteiger partial charge is 0.238 e. The van der Waals surface area contributed by atoms with Crippen molar-refractivity contribution in [3.05, 3.63) is 23.2 Å². The van der Waals surface area contributed by atoms with Crippen molar-refractivity contribution in [2.24, 2.45) is 5.14 Å². The number of benzene rings is 1. The van der Waals surface area contributed by atoms with Crippen LogP contribution in [0.1, 0.15) is 6.42 Å². The van der Waals surface area contributed by atoms with Gasteiger partial charge in [-0.3, -0.25) is 4.79 Å². The van der Waals surface area contributed by atoms with Gasteiger partial charge in [-0.2, -0.15) is 12.6 Å². The first-order valence-corrected chi connectivity index (χ1v) is 7.13. The lowest BCUT2D eigenvalue weighted by molar-refractivity contribution is -0.115. The van der Waals surface area contributed by atoms with Gasteiger partial charge < -0.3 is 5.32 Å². The highest BCUT2D eigenvalue weighted by Gasteiger charge is 2.11. The van der Waals surface area contributed by atoms with Crippen LogP contribution in [0.4, 0.5) is 5.69 Å². The Morgan fingerprint density at radius 2 is 2.12 bits per heavy atom. The summed E-state index contributed by atoms with van der Waals surface area (Å²) in [6.45, 7) is 0. The number of primary sulfonamides is 1. The minimum atomic E-state index is -3.79. The van der Waals surface area contributed by atoms with Crippen molar-refractivity contribution in [1.82, 2.24) is 0 Å². The van der Waals surface area contributed by atoms with Crippen LogP contribution in [0, 0.1) is 0 Å². The normalized spacial score (nSPS) is 11.2. The van der Waals surface area contributed by atoms with Crippen molar-refractivity contribution in [3.63, 3.8) is 0 Å². The zero-order chi connectivity index (χ0) is 13.1. The zero-order valence-corrected chi connectivity index (χ0v) is 11.1. The van der Waals surface area contributed by atoms with Crippen molar-refractivity contribution in [3.8, 4) is 0 Å². The van der Waals surface area contributed by atoms with Gasteiger partial charge in [-0.15, -0.1) is 0 Å². The summed E-state index contributed by atoms with van der Waals surface area (Å²) in [6, 6.07) is 3.85. The van der Waals surface area contributed by atoms with Gasteiger partial charge in [-0.05, 0) is 24.0 Å². The molecule has 1 rings (SSSR count). The first kappa shape index (κ1) is 14.3. The molecule has 0 aliphatic heterocycles. The maximum atomic E-state index is 11.3. The highest BCUT2D eigenvalue weighted by atomic mass is 35.5. The molecule has 0 unspecified atom stereocenters. The lowest BCUT2D eigenvalue weighted by atomic mass is 10.3. The maximum Gasteiger partial charge on any atom is 0.238 e. The van der Waals surface area contributed by atoms with Crippen molar-refractivity contribution in [2.75, 3.05) is 11.1 Å². The predicted octanol–water partition coefficient (Wildman–Crippen LogP) is 1.25. The minimum absolute atomic E-state index is 0.102. The molecule has 1 amide bonds. The van der Waals surface area contributed by atoms with Gasteiger partial charge >= 0.3 is 0 Å². The zero-order valence-electron chi connectivity index (χ0n) is 8.68. The van der Waals surface area contributed by atoms with Crippen LogP contribution in [0.3, 0.4) is 0 Å². The van der Waals surface area contributed by atoms with Crippen molar-refractivity contribution >= 4 is 45.8 Å². The Morgan fingerprint density at radius 1 is 1.47 bits per heavy atom. The average Bonchev–Trinajstić information content (AvgIpc) is 2.20. The van der Waals surface area contributed by atoms with Gasteiger partial charge in [-0.25, -0.2) is 13.6 Å². The van der Waals surface area contributed by atoms with E-state index in [2.05, 4.69) is 17.9 Å². The molecule has 0 spiro atoms. The number of halogens is 1. The molecule has 0 atom stereocenters. The molecule has 0 saturated carbocycles.